The van der Waals surface area contributed by atoms with Crippen LogP contribution in [0.5, 0.6) is 0 Å². The Hall–Kier alpha value is -2.01. The molecule has 1 aliphatic carbocycles. The lowest BCUT2D eigenvalue weighted by molar-refractivity contribution is 0.409. The average molecular weight is 353 g/mol. The molecule has 0 bridgehead atoms. The number of nitrogens with zero attached hydrogens (tertiary/aromatic N) is 2. The molecule has 1 N–H and O–H groups in total. The van der Waals surface area contributed by atoms with Gasteiger partial charge in [0, 0.05) is 20.5 Å². The number of aromatic amines is 1. The molecule has 1 atom stereocenters. The number of hydrogen-bond donors (Lipinski definition) is 1. The zero-order chi connectivity index (χ0) is 17.1. The lowest BCUT2D eigenvalue weighted by Crippen LogP contribution is -2.20. The van der Waals surface area contributed by atoms with Gasteiger partial charge in [0.15, 0.2) is 5.43 Å². The number of H-pyrrole nitrogens is 1. The van der Waals surface area contributed by atoms with Gasteiger partial charge in [-0.15, -0.1) is 11.3 Å². The zero-order valence-electron chi connectivity index (χ0n) is 14.3. The lowest BCUT2D eigenvalue weighted by atomic mass is 9.85. The fourth-order valence-corrected chi connectivity index (χ4v) is 5.19. The van der Waals surface area contributed by atoms with E-state index in [1.54, 1.807) is 0 Å². The topological polar surface area (TPSA) is 58.6 Å². The van der Waals surface area contributed by atoms with E-state index in [0.29, 0.717) is 0 Å². The van der Waals surface area contributed by atoms with Crippen molar-refractivity contribution in [3.05, 3.63) is 56.8 Å². The number of unbranched alkanes of at least 4 members (excludes halogenated alkanes) is 2. The Morgan fingerprint density at radius 3 is 3.00 bits per heavy atom. The van der Waals surface area contributed by atoms with E-state index in [4.69, 9.17) is 0 Å². The van der Waals surface area contributed by atoms with Gasteiger partial charge in [-0.2, -0.15) is 15.4 Å². The van der Waals surface area contributed by atoms with E-state index in [0.717, 1.165) is 52.9 Å². The van der Waals surface area contributed by atoms with Crippen LogP contribution in [0, 0.1) is 5.92 Å². The van der Waals surface area contributed by atoms with Crippen LogP contribution < -0.4 is 5.43 Å². The standard InChI is InChI=1S/C20H23N3OS/c24-20-16-8-4-5-9-18(16)25-19-12-14(10-11-17(19)20)6-2-1-3-7-15-13-21-23-22-15/h4-5,8-9,13-14H,1-3,6-7,10-12H2,(H,21,22,23). The molecule has 1 aliphatic rings. The minimum absolute atomic E-state index is 0.274. The Kier molecular flexibility index (Phi) is 4.92. The number of benzene rings is 1. The second kappa shape index (κ2) is 7.48. The van der Waals surface area contributed by atoms with Gasteiger partial charge in [-0.05, 0) is 50.2 Å². The van der Waals surface area contributed by atoms with Crippen LogP contribution in [0.15, 0.2) is 35.3 Å². The third-order valence-corrected chi connectivity index (χ3v) is 6.50. The van der Waals surface area contributed by atoms with Crippen LogP contribution in [0.4, 0.5) is 0 Å². The predicted octanol–water partition coefficient (Wildman–Crippen LogP) is 4.29. The van der Waals surface area contributed by atoms with Crippen molar-refractivity contribution in [3.63, 3.8) is 0 Å². The Morgan fingerprint density at radius 2 is 2.12 bits per heavy atom. The first-order chi connectivity index (χ1) is 12.3. The first-order valence-corrected chi connectivity index (χ1v) is 10.0. The molecule has 0 radical (unpaired) electrons. The molecule has 25 heavy (non-hydrogen) atoms. The summed E-state index contributed by atoms with van der Waals surface area (Å²) < 4.78 is 1.14. The van der Waals surface area contributed by atoms with Crippen molar-refractivity contribution >= 4 is 21.4 Å². The van der Waals surface area contributed by atoms with E-state index in [9.17, 15) is 4.79 Å². The molecular weight excluding hydrogens is 330 g/mol. The smallest absolute Gasteiger partial charge is 0.191 e. The molecule has 2 aromatic heterocycles. The number of aryl methyl sites for hydroxylation is 1. The van der Waals surface area contributed by atoms with E-state index in [2.05, 4.69) is 21.5 Å². The SMILES string of the molecule is O=c1c2c(sc3ccccc13)CC(CCCCCc1cn[nH]n1)CC2. The summed E-state index contributed by atoms with van der Waals surface area (Å²) in [6, 6.07) is 8.04. The molecule has 4 nitrogen and oxygen atoms in total. The minimum Gasteiger partial charge on any atom is -0.289 e. The zero-order valence-corrected chi connectivity index (χ0v) is 15.1. The van der Waals surface area contributed by atoms with Crippen molar-refractivity contribution in [2.75, 3.05) is 0 Å². The average Bonchev–Trinajstić information content (AvgIpc) is 3.15. The normalized spacial score (nSPS) is 16.9. The van der Waals surface area contributed by atoms with Gasteiger partial charge in [-0.25, -0.2) is 0 Å². The summed E-state index contributed by atoms with van der Waals surface area (Å²) in [4.78, 5) is 14.0. The van der Waals surface area contributed by atoms with E-state index in [1.165, 1.54) is 30.6 Å². The van der Waals surface area contributed by atoms with Crippen LogP contribution in [0.25, 0.3) is 10.1 Å². The molecule has 4 rings (SSSR count). The van der Waals surface area contributed by atoms with Gasteiger partial charge >= 0.3 is 0 Å². The van der Waals surface area contributed by atoms with Crippen molar-refractivity contribution in [2.24, 2.45) is 5.92 Å². The maximum Gasteiger partial charge on any atom is 0.191 e. The van der Waals surface area contributed by atoms with E-state index in [1.807, 2.05) is 35.7 Å². The first kappa shape index (κ1) is 16.5. The summed E-state index contributed by atoms with van der Waals surface area (Å²) in [7, 11) is 0. The van der Waals surface area contributed by atoms with Crippen molar-refractivity contribution in [1.29, 1.82) is 0 Å². The first-order valence-electron chi connectivity index (χ1n) is 9.19. The summed E-state index contributed by atoms with van der Waals surface area (Å²) >= 11 is 1.83. The highest BCUT2D eigenvalue weighted by atomic mass is 32.1. The highest BCUT2D eigenvalue weighted by Gasteiger charge is 2.22. The second-order valence-corrected chi connectivity index (χ2v) is 8.14. The van der Waals surface area contributed by atoms with Gasteiger partial charge in [0.25, 0.3) is 0 Å². The third-order valence-electron chi connectivity index (χ3n) is 5.26. The quantitative estimate of drug-likeness (QED) is 0.673. The van der Waals surface area contributed by atoms with Gasteiger partial charge in [0.2, 0.25) is 0 Å². The van der Waals surface area contributed by atoms with Crippen LogP contribution in [-0.4, -0.2) is 15.4 Å². The van der Waals surface area contributed by atoms with Gasteiger partial charge < -0.3 is 0 Å². The molecule has 5 heteroatoms. The summed E-state index contributed by atoms with van der Waals surface area (Å²) in [5.41, 5.74) is 2.42. The lowest BCUT2D eigenvalue weighted by Gasteiger charge is -2.24. The van der Waals surface area contributed by atoms with Gasteiger partial charge in [-0.1, -0.05) is 31.4 Å². The largest absolute Gasteiger partial charge is 0.289 e. The molecule has 0 spiro atoms. The molecule has 0 aliphatic heterocycles. The molecule has 0 saturated carbocycles. The molecule has 0 saturated heterocycles. The fraction of sp³-hybridized carbons (Fsp3) is 0.450. The summed E-state index contributed by atoms with van der Waals surface area (Å²) in [6.45, 7) is 0. The summed E-state index contributed by atoms with van der Waals surface area (Å²) in [5, 5.41) is 11.5. The second-order valence-electron chi connectivity index (χ2n) is 7.00. The monoisotopic (exact) mass is 353 g/mol. The van der Waals surface area contributed by atoms with E-state index >= 15 is 0 Å². The van der Waals surface area contributed by atoms with Crippen molar-refractivity contribution < 1.29 is 0 Å². The Bertz CT molecular complexity index is 901. The van der Waals surface area contributed by atoms with Crippen LogP contribution >= 0.6 is 11.3 Å². The summed E-state index contributed by atoms with van der Waals surface area (Å²) in [6.07, 6.45) is 11.0. The van der Waals surface area contributed by atoms with Crippen molar-refractivity contribution in [2.45, 2.75) is 51.4 Å². The van der Waals surface area contributed by atoms with Crippen molar-refractivity contribution in [1.82, 2.24) is 15.4 Å². The molecule has 2 heterocycles. The molecule has 1 unspecified atom stereocenters. The van der Waals surface area contributed by atoms with Crippen molar-refractivity contribution in [3.8, 4) is 0 Å². The fourth-order valence-electron chi connectivity index (χ4n) is 3.87. The highest BCUT2D eigenvalue weighted by molar-refractivity contribution is 7.18. The van der Waals surface area contributed by atoms with Crippen LogP contribution in [0.3, 0.4) is 0 Å². The Morgan fingerprint density at radius 1 is 1.20 bits per heavy atom. The minimum atomic E-state index is 0.274. The number of aromatic nitrogens is 3. The Labute approximate surface area is 151 Å². The molecule has 0 fully saturated rings. The maximum atomic E-state index is 12.7. The van der Waals surface area contributed by atoms with Gasteiger partial charge in [0.1, 0.15) is 0 Å². The highest BCUT2D eigenvalue weighted by Crippen LogP contribution is 2.32. The van der Waals surface area contributed by atoms with Crippen LogP contribution in [-0.2, 0) is 19.3 Å². The van der Waals surface area contributed by atoms with Crippen LogP contribution in [0.2, 0.25) is 0 Å². The van der Waals surface area contributed by atoms with E-state index in [-0.39, 0.29) is 5.43 Å². The number of hydrogen-bond acceptors (Lipinski definition) is 4. The summed E-state index contributed by atoms with van der Waals surface area (Å²) in [5.74, 6) is 0.733. The Balaban J connectivity index is 1.34. The maximum absolute atomic E-state index is 12.7. The molecule has 130 valence electrons. The van der Waals surface area contributed by atoms with Gasteiger partial charge in [-0.3, -0.25) is 4.79 Å². The van der Waals surface area contributed by atoms with E-state index < -0.39 is 0 Å². The number of fused-ring (bicyclic) bond motifs is 2. The molecule has 0 amide bonds. The van der Waals surface area contributed by atoms with Crippen LogP contribution in [0.1, 0.15) is 48.2 Å². The number of rotatable bonds is 6. The molecular formula is C20H23N3OS. The third kappa shape index (κ3) is 3.66. The molecule has 1 aromatic carbocycles. The van der Waals surface area contributed by atoms with Gasteiger partial charge in [0.05, 0.1) is 11.9 Å². The number of nitrogens with one attached hydrogen (secondary N) is 1. The molecule has 3 aromatic rings. The predicted molar refractivity (Wildman–Crippen MR) is 102 cm³/mol.